The maximum absolute atomic E-state index is 12.5. The molecule has 126 valence electrons. The van der Waals surface area contributed by atoms with Crippen LogP contribution in [-0.4, -0.2) is 11.9 Å². The van der Waals surface area contributed by atoms with E-state index in [0.29, 0.717) is 6.42 Å². The van der Waals surface area contributed by atoms with Crippen molar-refractivity contribution in [3.05, 3.63) is 102 Å². The van der Waals surface area contributed by atoms with Crippen molar-refractivity contribution in [2.75, 3.05) is 5.32 Å². The van der Waals surface area contributed by atoms with E-state index >= 15 is 0 Å². The summed E-state index contributed by atoms with van der Waals surface area (Å²) in [6.45, 7) is 0. The number of nitrogens with two attached hydrogens (primary N) is 1. The van der Waals surface area contributed by atoms with Crippen molar-refractivity contribution in [1.82, 2.24) is 0 Å². The fourth-order valence-corrected chi connectivity index (χ4v) is 2.80. The third kappa shape index (κ3) is 4.78. The van der Waals surface area contributed by atoms with E-state index in [9.17, 15) is 4.79 Å². The summed E-state index contributed by atoms with van der Waals surface area (Å²) < 4.78 is 0. The fourth-order valence-electron chi connectivity index (χ4n) is 2.80. The van der Waals surface area contributed by atoms with Gasteiger partial charge in [0, 0.05) is 5.69 Å². The van der Waals surface area contributed by atoms with Gasteiger partial charge < -0.3 is 11.1 Å². The molecule has 0 aliphatic heterocycles. The molecular formula is C22H22N2O. The maximum atomic E-state index is 12.5. The van der Waals surface area contributed by atoms with Crippen LogP contribution in [0.15, 0.2) is 84.9 Å². The summed E-state index contributed by atoms with van der Waals surface area (Å²) >= 11 is 0. The van der Waals surface area contributed by atoms with Crippen LogP contribution in [0.25, 0.3) is 0 Å². The number of anilines is 1. The Morgan fingerprint density at radius 1 is 0.800 bits per heavy atom. The van der Waals surface area contributed by atoms with E-state index in [-0.39, 0.29) is 5.91 Å². The average Bonchev–Trinajstić information content (AvgIpc) is 2.65. The van der Waals surface area contributed by atoms with Gasteiger partial charge in [-0.2, -0.15) is 0 Å². The van der Waals surface area contributed by atoms with Crippen LogP contribution in [-0.2, 0) is 17.6 Å². The molecule has 3 N–H and O–H groups in total. The summed E-state index contributed by atoms with van der Waals surface area (Å²) in [5.74, 6) is -0.163. The van der Waals surface area contributed by atoms with Gasteiger partial charge in [-0.05, 0) is 35.6 Å². The van der Waals surface area contributed by atoms with Gasteiger partial charge in [0.05, 0.1) is 6.04 Å². The van der Waals surface area contributed by atoms with Crippen molar-refractivity contribution in [3.63, 3.8) is 0 Å². The molecular weight excluding hydrogens is 308 g/mol. The molecule has 3 heteroatoms. The summed E-state index contributed by atoms with van der Waals surface area (Å²) in [5.41, 5.74) is 10.2. The Morgan fingerprint density at radius 2 is 1.36 bits per heavy atom. The van der Waals surface area contributed by atoms with Gasteiger partial charge in [0.25, 0.3) is 0 Å². The van der Waals surface area contributed by atoms with Crippen LogP contribution < -0.4 is 11.1 Å². The normalized spacial score (nSPS) is 11.7. The molecule has 0 spiro atoms. The molecule has 0 radical (unpaired) electrons. The Kier molecular flexibility index (Phi) is 5.60. The molecule has 0 bridgehead atoms. The molecule has 1 amide bonds. The second kappa shape index (κ2) is 8.27. The van der Waals surface area contributed by atoms with Gasteiger partial charge in [-0.1, -0.05) is 78.9 Å². The summed E-state index contributed by atoms with van der Waals surface area (Å²) in [7, 11) is 0. The van der Waals surface area contributed by atoms with Crippen LogP contribution >= 0.6 is 0 Å². The van der Waals surface area contributed by atoms with Crippen LogP contribution in [0.3, 0.4) is 0 Å². The fraction of sp³-hybridized carbons (Fsp3) is 0.136. The summed E-state index contributed by atoms with van der Waals surface area (Å²) in [5, 5.41) is 2.99. The van der Waals surface area contributed by atoms with Crippen molar-refractivity contribution >= 4 is 11.6 Å². The Balaban J connectivity index is 1.69. The van der Waals surface area contributed by atoms with Gasteiger partial charge in [-0.15, -0.1) is 0 Å². The standard InChI is InChI=1S/C22H22N2O/c23-20(16-18-11-5-2-6-12-18)22(25)24-21-14-8-7-13-19(21)15-17-9-3-1-4-10-17/h1-14,20H,15-16,23H2,(H,24,25)/t20-/m0/s1. The molecule has 3 rings (SSSR count). The number of rotatable bonds is 6. The molecule has 25 heavy (non-hydrogen) atoms. The number of para-hydroxylation sites is 1. The van der Waals surface area contributed by atoms with Gasteiger partial charge >= 0.3 is 0 Å². The second-order valence-corrected chi connectivity index (χ2v) is 6.10. The lowest BCUT2D eigenvalue weighted by atomic mass is 10.0. The van der Waals surface area contributed by atoms with Crippen molar-refractivity contribution in [1.29, 1.82) is 0 Å². The van der Waals surface area contributed by atoms with E-state index in [2.05, 4.69) is 17.4 Å². The first kappa shape index (κ1) is 16.9. The van der Waals surface area contributed by atoms with E-state index in [0.717, 1.165) is 23.2 Å². The zero-order valence-electron chi connectivity index (χ0n) is 14.1. The monoisotopic (exact) mass is 330 g/mol. The highest BCUT2D eigenvalue weighted by atomic mass is 16.2. The zero-order chi connectivity index (χ0) is 17.5. The first-order valence-electron chi connectivity index (χ1n) is 8.44. The molecule has 0 saturated heterocycles. The molecule has 0 aliphatic rings. The topological polar surface area (TPSA) is 55.1 Å². The van der Waals surface area contributed by atoms with Gasteiger partial charge in [-0.25, -0.2) is 0 Å². The highest BCUT2D eigenvalue weighted by molar-refractivity contribution is 5.95. The van der Waals surface area contributed by atoms with Crippen LogP contribution in [0, 0.1) is 0 Å². The number of carbonyl (C=O) groups excluding carboxylic acids is 1. The number of hydrogen-bond donors (Lipinski definition) is 2. The van der Waals surface area contributed by atoms with Crippen molar-refractivity contribution < 1.29 is 4.79 Å². The SMILES string of the molecule is N[C@@H](Cc1ccccc1)C(=O)Nc1ccccc1Cc1ccccc1. The van der Waals surface area contributed by atoms with Gasteiger partial charge in [0.15, 0.2) is 0 Å². The Hall–Kier alpha value is -2.91. The minimum Gasteiger partial charge on any atom is -0.324 e. The Labute approximate surface area is 148 Å². The molecule has 0 heterocycles. The maximum Gasteiger partial charge on any atom is 0.241 e. The van der Waals surface area contributed by atoms with E-state index in [4.69, 9.17) is 5.73 Å². The Bertz CT molecular complexity index is 816. The van der Waals surface area contributed by atoms with Gasteiger partial charge in [-0.3, -0.25) is 4.79 Å². The molecule has 3 aromatic carbocycles. The summed E-state index contributed by atoms with van der Waals surface area (Å²) in [6, 6.07) is 27.3. The van der Waals surface area contributed by atoms with Crippen molar-refractivity contribution in [2.45, 2.75) is 18.9 Å². The molecule has 0 unspecified atom stereocenters. The van der Waals surface area contributed by atoms with Crippen molar-refractivity contribution in [3.8, 4) is 0 Å². The number of hydrogen-bond acceptors (Lipinski definition) is 2. The quantitative estimate of drug-likeness (QED) is 0.722. The second-order valence-electron chi connectivity index (χ2n) is 6.10. The number of benzene rings is 3. The molecule has 3 nitrogen and oxygen atoms in total. The summed E-state index contributed by atoms with van der Waals surface area (Å²) in [4.78, 5) is 12.5. The summed E-state index contributed by atoms with van der Waals surface area (Å²) in [6.07, 6.45) is 1.29. The minimum absolute atomic E-state index is 0.163. The average molecular weight is 330 g/mol. The largest absolute Gasteiger partial charge is 0.324 e. The molecule has 0 aliphatic carbocycles. The van der Waals surface area contributed by atoms with E-state index in [1.165, 1.54) is 5.56 Å². The lowest BCUT2D eigenvalue weighted by Gasteiger charge is -2.15. The lowest BCUT2D eigenvalue weighted by Crippen LogP contribution is -2.37. The lowest BCUT2D eigenvalue weighted by molar-refractivity contribution is -0.117. The van der Waals surface area contributed by atoms with Crippen LogP contribution in [0.2, 0.25) is 0 Å². The minimum atomic E-state index is -0.577. The molecule has 3 aromatic rings. The first-order valence-corrected chi connectivity index (χ1v) is 8.44. The molecule has 0 fully saturated rings. The predicted molar refractivity (Wildman–Crippen MR) is 102 cm³/mol. The van der Waals surface area contributed by atoms with E-state index < -0.39 is 6.04 Å². The number of nitrogens with one attached hydrogen (secondary N) is 1. The van der Waals surface area contributed by atoms with Crippen LogP contribution in [0.1, 0.15) is 16.7 Å². The predicted octanol–water partition coefficient (Wildman–Crippen LogP) is 3.79. The van der Waals surface area contributed by atoms with Gasteiger partial charge in [0.2, 0.25) is 5.91 Å². The van der Waals surface area contributed by atoms with Gasteiger partial charge in [0.1, 0.15) is 0 Å². The number of carbonyl (C=O) groups is 1. The molecule has 0 aromatic heterocycles. The zero-order valence-corrected chi connectivity index (χ0v) is 14.1. The third-order valence-electron chi connectivity index (χ3n) is 4.15. The van der Waals surface area contributed by atoms with Crippen LogP contribution in [0.4, 0.5) is 5.69 Å². The number of amides is 1. The highest BCUT2D eigenvalue weighted by Gasteiger charge is 2.15. The van der Waals surface area contributed by atoms with Crippen molar-refractivity contribution in [2.24, 2.45) is 5.73 Å². The first-order chi connectivity index (χ1) is 12.2. The van der Waals surface area contributed by atoms with E-state index in [1.807, 2.05) is 72.8 Å². The Morgan fingerprint density at radius 3 is 2.04 bits per heavy atom. The van der Waals surface area contributed by atoms with Crippen LogP contribution in [0.5, 0.6) is 0 Å². The van der Waals surface area contributed by atoms with E-state index in [1.54, 1.807) is 0 Å². The molecule has 0 saturated carbocycles. The molecule has 1 atom stereocenters. The smallest absolute Gasteiger partial charge is 0.241 e. The highest BCUT2D eigenvalue weighted by Crippen LogP contribution is 2.19. The third-order valence-corrected chi connectivity index (χ3v) is 4.15.